The van der Waals surface area contributed by atoms with Gasteiger partial charge in [-0.1, -0.05) is 11.6 Å². The SMILES string of the molecule is Oc1c(F)cc(Cl)c(F)c1C1CCCNC1. The Morgan fingerprint density at radius 3 is 2.81 bits per heavy atom. The summed E-state index contributed by atoms with van der Waals surface area (Å²) in [6.45, 7) is 1.40. The van der Waals surface area contributed by atoms with Gasteiger partial charge in [-0.2, -0.15) is 0 Å². The Kier molecular flexibility index (Phi) is 3.30. The van der Waals surface area contributed by atoms with Gasteiger partial charge in [-0.05, 0) is 25.5 Å². The van der Waals surface area contributed by atoms with Gasteiger partial charge in [0, 0.05) is 18.0 Å². The van der Waals surface area contributed by atoms with Crippen molar-refractivity contribution >= 4 is 11.6 Å². The third-order valence-electron chi connectivity index (χ3n) is 2.89. The zero-order valence-electron chi connectivity index (χ0n) is 8.56. The van der Waals surface area contributed by atoms with Crippen LogP contribution in [-0.4, -0.2) is 18.2 Å². The van der Waals surface area contributed by atoms with Crippen molar-refractivity contribution in [3.8, 4) is 5.75 Å². The molecule has 1 fully saturated rings. The number of phenols is 1. The summed E-state index contributed by atoms with van der Waals surface area (Å²) in [6, 6.07) is 0.798. The first-order valence-corrected chi connectivity index (χ1v) is 5.56. The summed E-state index contributed by atoms with van der Waals surface area (Å²) in [7, 11) is 0. The molecular formula is C11H12ClF2NO. The molecule has 88 valence electrons. The van der Waals surface area contributed by atoms with Crippen LogP contribution in [0.2, 0.25) is 5.02 Å². The highest BCUT2D eigenvalue weighted by molar-refractivity contribution is 6.30. The monoisotopic (exact) mass is 247 g/mol. The lowest BCUT2D eigenvalue weighted by atomic mass is 9.90. The van der Waals surface area contributed by atoms with Crippen molar-refractivity contribution in [3.63, 3.8) is 0 Å². The molecule has 1 saturated heterocycles. The average Bonchev–Trinajstić information content (AvgIpc) is 2.28. The minimum atomic E-state index is -0.869. The third-order valence-corrected chi connectivity index (χ3v) is 3.16. The molecule has 2 N–H and O–H groups in total. The van der Waals surface area contributed by atoms with E-state index in [0.717, 1.165) is 25.5 Å². The molecule has 0 radical (unpaired) electrons. The van der Waals surface area contributed by atoms with E-state index in [-0.39, 0.29) is 16.5 Å². The van der Waals surface area contributed by atoms with E-state index >= 15 is 0 Å². The number of rotatable bonds is 1. The highest BCUT2D eigenvalue weighted by atomic mass is 35.5. The molecule has 0 bridgehead atoms. The molecule has 1 aliphatic heterocycles. The van der Waals surface area contributed by atoms with Crippen LogP contribution in [0.3, 0.4) is 0 Å². The topological polar surface area (TPSA) is 32.3 Å². The molecule has 2 rings (SSSR count). The zero-order chi connectivity index (χ0) is 11.7. The van der Waals surface area contributed by atoms with Gasteiger partial charge in [-0.15, -0.1) is 0 Å². The van der Waals surface area contributed by atoms with Gasteiger partial charge in [0.1, 0.15) is 5.82 Å². The molecule has 16 heavy (non-hydrogen) atoms. The maximum absolute atomic E-state index is 13.7. The largest absolute Gasteiger partial charge is 0.505 e. The van der Waals surface area contributed by atoms with Crippen LogP contribution in [0.5, 0.6) is 5.75 Å². The minimum Gasteiger partial charge on any atom is -0.505 e. The standard InChI is InChI=1S/C11H12ClF2NO/c12-7-4-8(13)11(16)9(10(7)14)6-2-1-3-15-5-6/h4,6,15-16H,1-3,5H2. The number of nitrogens with one attached hydrogen (secondary N) is 1. The molecule has 0 spiro atoms. The van der Waals surface area contributed by atoms with E-state index in [9.17, 15) is 13.9 Å². The van der Waals surface area contributed by atoms with Gasteiger partial charge in [0.15, 0.2) is 11.6 Å². The normalized spacial score (nSPS) is 21.1. The first-order chi connectivity index (χ1) is 7.61. The van der Waals surface area contributed by atoms with E-state index in [4.69, 9.17) is 11.6 Å². The van der Waals surface area contributed by atoms with E-state index in [0.29, 0.717) is 6.54 Å². The molecule has 1 aromatic rings. The lowest BCUT2D eigenvalue weighted by Crippen LogP contribution is -2.29. The van der Waals surface area contributed by atoms with E-state index in [1.807, 2.05) is 0 Å². The van der Waals surface area contributed by atoms with Gasteiger partial charge in [-0.25, -0.2) is 8.78 Å². The highest BCUT2D eigenvalue weighted by Gasteiger charge is 2.25. The smallest absolute Gasteiger partial charge is 0.166 e. The summed E-state index contributed by atoms with van der Waals surface area (Å²) in [5.74, 6) is -2.42. The summed E-state index contributed by atoms with van der Waals surface area (Å²) >= 11 is 5.56. The van der Waals surface area contributed by atoms with E-state index < -0.39 is 17.4 Å². The van der Waals surface area contributed by atoms with Gasteiger partial charge in [-0.3, -0.25) is 0 Å². The number of piperidine rings is 1. The Morgan fingerprint density at radius 1 is 1.44 bits per heavy atom. The van der Waals surface area contributed by atoms with Crippen LogP contribution in [0.15, 0.2) is 6.07 Å². The van der Waals surface area contributed by atoms with Crippen LogP contribution in [0.1, 0.15) is 24.3 Å². The Morgan fingerprint density at radius 2 is 2.19 bits per heavy atom. The van der Waals surface area contributed by atoms with Crippen molar-refractivity contribution in [2.75, 3.05) is 13.1 Å². The first kappa shape index (κ1) is 11.6. The molecule has 1 atom stereocenters. The molecule has 5 heteroatoms. The Bertz CT molecular complexity index is 379. The minimum absolute atomic E-state index is 0.00259. The summed E-state index contributed by atoms with van der Waals surface area (Å²) in [5, 5.41) is 12.4. The van der Waals surface area contributed by atoms with Gasteiger partial charge >= 0.3 is 0 Å². The fourth-order valence-electron chi connectivity index (χ4n) is 2.08. The Labute approximate surface area is 97.2 Å². The second-order valence-corrected chi connectivity index (χ2v) is 4.37. The quantitative estimate of drug-likeness (QED) is 0.748. The number of benzene rings is 1. The van der Waals surface area contributed by atoms with E-state index in [2.05, 4.69) is 5.32 Å². The Balaban J connectivity index is 2.45. The molecule has 1 aliphatic rings. The van der Waals surface area contributed by atoms with Crippen LogP contribution < -0.4 is 5.32 Å². The average molecular weight is 248 g/mol. The molecule has 1 heterocycles. The van der Waals surface area contributed by atoms with Crippen molar-refractivity contribution in [2.24, 2.45) is 0 Å². The van der Waals surface area contributed by atoms with Crippen LogP contribution in [0.4, 0.5) is 8.78 Å². The Hall–Kier alpha value is -0.870. The molecule has 0 aromatic heterocycles. The van der Waals surface area contributed by atoms with Crippen molar-refractivity contribution in [1.82, 2.24) is 5.32 Å². The molecule has 0 aliphatic carbocycles. The molecule has 0 amide bonds. The summed E-state index contributed by atoms with van der Waals surface area (Å²) in [4.78, 5) is 0. The lowest BCUT2D eigenvalue weighted by Gasteiger charge is -2.24. The maximum Gasteiger partial charge on any atom is 0.166 e. The van der Waals surface area contributed by atoms with Crippen LogP contribution in [0, 0.1) is 11.6 Å². The third kappa shape index (κ3) is 1.99. The van der Waals surface area contributed by atoms with Gasteiger partial charge in [0.25, 0.3) is 0 Å². The summed E-state index contributed by atoms with van der Waals surface area (Å²) in [5.41, 5.74) is -0.00259. The highest BCUT2D eigenvalue weighted by Crippen LogP contribution is 2.37. The van der Waals surface area contributed by atoms with Crippen molar-refractivity contribution in [3.05, 3.63) is 28.3 Å². The van der Waals surface area contributed by atoms with E-state index in [1.54, 1.807) is 0 Å². The predicted molar refractivity (Wildman–Crippen MR) is 57.9 cm³/mol. The molecule has 0 saturated carbocycles. The molecule has 2 nitrogen and oxygen atoms in total. The van der Waals surface area contributed by atoms with Crippen LogP contribution >= 0.6 is 11.6 Å². The fourth-order valence-corrected chi connectivity index (χ4v) is 2.27. The zero-order valence-corrected chi connectivity index (χ0v) is 9.32. The fraction of sp³-hybridized carbons (Fsp3) is 0.455. The molecule has 1 aromatic carbocycles. The number of halogens is 3. The van der Waals surface area contributed by atoms with Gasteiger partial charge in [0.05, 0.1) is 5.02 Å². The lowest BCUT2D eigenvalue weighted by molar-refractivity contribution is 0.388. The van der Waals surface area contributed by atoms with Crippen LogP contribution in [0.25, 0.3) is 0 Å². The summed E-state index contributed by atoms with van der Waals surface area (Å²) in [6.07, 6.45) is 1.59. The van der Waals surface area contributed by atoms with Gasteiger partial charge in [0.2, 0.25) is 0 Å². The van der Waals surface area contributed by atoms with Crippen LogP contribution in [-0.2, 0) is 0 Å². The van der Waals surface area contributed by atoms with Crippen molar-refractivity contribution < 1.29 is 13.9 Å². The predicted octanol–water partition coefficient (Wildman–Crippen LogP) is 2.79. The second kappa shape index (κ2) is 4.55. The summed E-state index contributed by atoms with van der Waals surface area (Å²) < 4.78 is 27.0. The first-order valence-electron chi connectivity index (χ1n) is 5.18. The van der Waals surface area contributed by atoms with Gasteiger partial charge < -0.3 is 10.4 Å². The number of hydrogen-bond donors (Lipinski definition) is 2. The molecule has 1 unspecified atom stereocenters. The second-order valence-electron chi connectivity index (χ2n) is 3.96. The number of phenolic OH excluding ortho intramolecular Hbond substituents is 1. The molecular weight excluding hydrogens is 236 g/mol. The van der Waals surface area contributed by atoms with E-state index in [1.165, 1.54) is 0 Å². The number of hydrogen-bond acceptors (Lipinski definition) is 2. The maximum atomic E-state index is 13.7. The van der Waals surface area contributed by atoms with Crippen molar-refractivity contribution in [2.45, 2.75) is 18.8 Å². The van der Waals surface area contributed by atoms with Crippen molar-refractivity contribution in [1.29, 1.82) is 0 Å². The number of aromatic hydroxyl groups is 1.